The van der Waals surface area contributed by atoms with Gasteiger partial charge < -0.3 is 10.1 Å². The van der Waals surface area contributed by atoms with Crippen molar-refractivity contribution < 1.29 is 13.9 Å². The average Bonchev–Trinajstić information content (AvgIpc) is 3.28. The van der Waals surface area contributed by atoms with E-state index >= 15 is 0 Å². The first-order chi connectivity index (χ1) is 15.0. The van der Waals surface area contributed by atoms with Crippen molar-refractivity contribution in [2.75, 3.05) is 12.4 Å². The van der Waals surface area contributed by atoms with Crippen LogP contribution in [0.25, 0.3) is 10.9 Å². The van der Waals surface area contributed by atoms with Gasteiger partial charge in [-0.3, -0.25) is 14.2 Å². The summed E-state index contributed by atoms with van der Waals surface area (Å²) in [6.07, 6.45) is 1.86. The molecule has 1 fully saturated rings. The van der Waals surface area contributed by atoms with Gasteiger partial charge >= 0.3 is 0 Å². The number of carbonyl (C=O) groups is 1. The molecule has 162 valence electrons. The molecule has 8 heteroatoms. The summed E-state index contributed by atoms with van der Waals surface area (Å²) in [5.74, 6) is -0.390. The van der Waals surface area contributed by atoms with Gasteiger partial charge in [0, 0.05) is 6.61 Å². The van der Waals surface area contributed by atoms with Crippen molar-refractivity contribution in [1.82, 2.24) is 14.9 Å². The minimum Gasteiger partial charge on any atom is -0.376 e. The number of para-hydroxylation sites is 1. The summed E-state index contributed by atoms with van der Waals surface area (Å²) in [4.78, 5) is 30.3. The van der Waals surface area contributed by atoms with Gasteiger partial charge in [-0.1, -0.05) is 36.0 Å². The Morgan fingerprint density at radius 3 is 2.81 bits per heavy atom. The minimum absolute atomic E-state index is 0.0210. The van der Waals surface area contributed by atoms with Gasteiger partial charge in [0.15, 0.2) is 5.16 Å². The zero-order valence-corrected chi connectivity index (χ0v) is 18.0. The van der Waals surface area contributed by atoms with Crippen molar-refractivity contribution >= 4 is 28.6 Å². The van der Waals surface area contributed by atoms with E-state index < -0.39 is 0 Å². The van der Waals surface area contributed by atoms with Crippen LogP contribution in [0.1, 0.15) is 31.4 Å². The summed E-state index contributed by atoms with van der Waals surface area (Å²) < 4.78 is 20.5. The Hall–Kier alpha value is -2.71. The highest BCUT2D eigenvalue weighted by molar-refractivity contribution is 7.99. The van der Waals surface area contributed by atoms with E-state index in [0.717, 1.165) is 18.4 Å². The van der Waals surface area contributed by atoms with Crippen LogP contribution in [0.2, 0.25) is 0 Å². The van der Waals surface area contributed by atoms with E-state index in [0.29, 0.717) is 29.2 Å². The molecule has 1 saturated heterocycles. The maximum atomic E-state index is 13.1. The van der Waals surface area contributed by atoms with Gasteiger partial charge in [-0.05, 0) is 49.6 Å². The highest BCUT2D eigenvalue weighted by atomic mass is 32.2. The molecule has 1 amide bonds. The molecular formula is C23H24FN3O3S. The van der Waals surface area contributed by atoms with Crippen LogP contribution in [0.5, 0.6) is 0 Å². The molecule has 0 spiro atoms. The van der Waals surface area contributed by atoms with Crippen LogP contribution >= 0.6 is 11.8 Å². The van der Waals surface area contributed by atoms with E-state index in [1.807, 2.05) is 19.1 Å². The lowest BCUT2D eigenvalue weighted by Crippen LogP contribution is -2.30. The fourth-order valence-corrected chi connectivity index (χ4v) is 4.48. The predicted octanol–water partition coefficient (Wildman–Crippen LogP) is 3.68. The first kappa shape index (κ1) is 21.5. The van der Waals surface area contributed by atoms with E-state index in [2.05, 4.69) is 10.3 Å². The number of hydrogen-bond acceptors (Lipinski definition) is 5. The third kappa shape index (κ3) is 5.14. The molecule has 1 aliphatic rings. The summed E-state index contributed by atoms with van der Waals surface area (Å²) in [7, 11) is 0. The molecule has 0 aliphatic carbocycles. The number of carbonyl (C=O) groups excluding carboxylic acids is 1. The summed E-state index contributed by atoms with van der Waals surface area (Å²) in [6.45, 7) is 2.97. The van der Waals surface area contributed by atoms with Crippen molar-refractivity contribution in [3.8, 4) is 0 Å². The second-order valence-corrected chi connectivity index (χ2v) is 8.53. The molecule has 31 heavy (non-hydrogen) atoms. The molecular weight excluding hydrogens is 417 g/mol. The molecule has 2 atom stereocenters. The topological polar surface area (TPSA) is 73.2 Å². The molecule has 1 N–H and O–H groups in total. The Kier molecular flexibility index (Phi) is 6.67. The molecule has 4 rings (SSSR count). The number of halogens is 1. The van der Waals surface area contributed by atoms with Crippen LogP contribution in [0.3, 0.4) is 0 Å². The molecule has 0 bridgehead atoms. The predicted molar refractivity (Wildman–Crippen MR) is 119 cm³/mol. The SMILES string of the molecule is CC(NC(=O)CSc1nc2ccccc2c(=O)n1CC1CCCO1)c1ccc(F)cc1. The normalized spacial score (nSPS) is 17.0. The van der Waals surface area contributed by atoms with Gasteiger partial charge in [0.25, 0.3) is 5.56 Å². The Balaban J connectivity index is 1.50. The van der Waals surface area contributed by atoms with Gasteiger partial charge in [0.2, 0.25) is 5.91 Å². The highest BCUT2D eigenvalue weighted by Crippen LogP contribution is 2.21. The fraction of sp³-hybridized carbons (Fsp3) is 0.348. The smallest absolute Gasteiger partial charge is 0.262 e. The fourth-order valence-electron chi connectivity index (χ4n) is 3.66. The van der Waals surface area contributed by atoms with Crippen LogP contribution < -0.4 is 10.9 Å². The van der Waals surface area contributed by atoms with Crippen molar-refractivity contribution in [1.29, 1.82) is 0 Å². The van der Waals surface area contributed by atoms with Crippen molar-refractivity contribution in [3.05, 3.63) is 70.3 Å². The van der Waals surface area contributed by atoms with Gasteiger partial charge in [0.1, 0.15) is 5.82 Å². The quantitative estimate of drug-likeness (QED) is 0.447. The number of hydrogen-bond donors (Lipinski definition) is 1. The van der Waals surface area contributed by atoms with E-state index in [1.165, 1.54) is 23.9 Å². The van der Waals surface area contributed by atoms with Crippen LogP contribution in [0.15, 0.2) is 58.5 Å². The van der Waals surface area contributed by atoms with Crippen molar-refractivity contribution in [3.63, 3.8) is 0 Å². The first-order valence-electron chi connectivity index (χ1n) is 10.3. The van der Waals surface area contributed by atoms with Gasteiger partial charge in [-0.2, -0.15) is 0 Å². The third-order valence-electron chi connectivity index (χ3n) is 5.32. The first-order valence-corrected chi connectivity index (χ1v) is 11.3. The summed E-state index contributed by atoms with van der Waals surface area (Å²) in [6, 6.07) is 13.0. The van der Waals surface area contributed by atoms with Gasteiger partial charge in [-0.25, -0.2) is 9.37 Å². The van der Waals surface area contributed by atoms with E-state index in [4.69, 9.17) is 4.74 Å². The Labute approximate surface area is 183 Å². The zero-order valence-electron chi connectivity index (χ0n) is 17.2. The zero-order chi connectivity index (χ0) is 21.8. The van der Waals surface area contributed by atoms with E-state index in [-0.39, 0.29) is 35.2 Å². The largest absolute Gasteiger partial charge is 0.376 e. The lowest BCUT2D eigenvalue weighted by atomic mass is 10.1. The molecule has 2 aromatic carbocycles. The van der Waals surface area contributed by atoms with Gasteiger partial charge in [-0.15, -0.1) is 0 Å². The molecule has 1 aliphatic heterocycles. The maximum absolute atomic E-state index is 13.1. The van der Waals surface area contributed by atoms with Crippen LogP contribution in [0, 0.1) is 5.82 Å². The van der Waals surface area contributed by atoms with E-state index in [9.17, 15) is 14.0 Å². The molecule has 6 nitrogen and oxygen atoms in total. The summed E-state index contributed by atoms with van der Waals surface area (Å²) in [5.41, 5.74) is 1.31. The molecule has 3 aromatic rings. The lowest BCUT2D eigenvalue weighted by molar-refractivity contribution is -0.119. The Morgan fingerprint density at radius 1 is 1.29 bits per heavy atom. The number of ether oxygens (including phenoxy) is 1. The molecule has 0 radical (unpaired) electrons. The molecule has 0 saturated carbocycles. The minimum atomic E-state index is -0.315. The molecule has 2 heterocycles. The number of amides is 1. The number of nitrogens with zero attached hydrogens (tertiary/aromatic N) is 2. The summed E-state index contributed by atoms with van der Waals surface area (Å²) in [5, 5.41) is 3.97. The second kappa shape index (κ2) is 9.62. The molecule has 1 aromatic heterocycles. The maximum Gasteiger partial charge on any atom is 0.262 e. The van der Waals surface area contributed by atoms with Crippen molar-refractivity contribution in [2.24, 2.45) is 0 Å². The average molecular weight is 442 g/mol. The highest BCUT2D eigenvalue weighted by Gasteiger charge is 2.21. The number of benzene rings is 2. The number of rotatable bonds is 7. The standard InChI is InChI=1S/C23H24FN3O3S/c1-15(16-8-10-17(24)11-9-16)25-21(28)14-31-23-26-20-7-3-2-6-19(20)22(29)27(23)13-18-5-4-12-30-18/h2-3,6-11,15,18H,4-5,12-14H2,1H3,(H,25,28). The van der Waals surface area contributed by atoms with Gasteiger partial charge in [0.05, 0.1) is 35.3 Å². The molecule has 2 unspecified atom stereocenters. The Morgan fingerprint density at radius 2 is 2.06 bits per heavy atom. The third-order valence-corrected chi connectivity index (χ3v) is 6.29. The van der Waals surface area contributed by atoms with E-state index in [1.54, 1.807) is 28.8 Å². The number of fused-ring (bicyclic) bond motifs is 1. The number of aromatic nitrogens is 2. The lowest BCUT2D eigenvalue weighted by Gasteiger charge is -2.17. The summed E-state index contributed by atoms with van der Waals surface area (Å²) >= 11 is 1.23. The van der Waals surface area contributed by atoms with Crippen LogP contribution in [-0.2, 0) is 16.1 Å². The number of thioether (sulfide) groups is 1. The Bertz CT molecular complexity index is 1130. The monoisotopic (exact) mass is 441 g/mol. The second-order valence-electron chi connectivity index (χ2n) is 7.59. The van der Waals surface area contributed by atoms with Crippen molar-refractivity contribution in [2.45, 2.75) is 43.6 Å². The van der Waals surface area contributed by atoms with Crippen LogP contribution in [0.4, 0.5) is 4.39 Å². The number of nitrogens with one attached hydrogen (secondary N) is 1. The van der Waals surface area contributed by atoms with Crippen LogP contribution in [-0.4, -0.2) is 33.9 Å².